The molecule has 1 aromatic heterocycles. The second-order valence-corrected chi connectivity index (χ2v) is 2.23. The highest BCUT2D eigenvalue weighted by Gasteiger charge is 2.06. The lowest BCUT2D eigenvalue weighted by Gasteiger charge is -2.01. The lowest BCUT2D eigenvalue weighted by molar-refractivity contribution is 0.346. The topological polar surface area (TPSA) is 82.6 Å². The van der Waals surface area contributed by atoms with E-state index < -0.39 is 0 Å². The molecular weight excluding hydrogens is 180 g/mol. The van der Waals surface area contributed by atoms with Crippen LogP contribution >= 0.6 is 0 Å². The first-order valence-electron chi connectivity index (χ1n) is 3.72. The van der Waals surface area contributed by atoms with E-state index in [9.17, 15) is 0 Å². The maximum absolute atomic E-state index is 8.62. The number of ether oxygens (including phenoxy) is 1. The van der Waals surface area contributed by atoms with E-state index in [2.05, 4.69) is 16.5 Å². The fourth-order valence-corrected chi connectivity index (χ4v) is 0.747. The quantitative estimate of drug-likeness (QED) is 0.651. The second-order valence-electron chi connectivity index (χ2n) is 2.23. The van der Waals surface area contributed by atoms with E-state index in [4.69, 9.17) is 15.3 Å². The number of aromatic nitrogens is 2. The third kappa shape index (κ3) is 2.05. The summed E-state index contributed by atoms with van der Waals surface area (Å²) in [6.07, 6.45) is 2.84. The van der Waals surface area contributed by atoms with Gasteiger partial charge in [0.05, 0.1) is 6.20 Å². The third-order valence-electron chi connectivity index (χ3n) is 1.31. The van der Waals surface area contributed by atoms with Crippen molar-refractivity contribution in [2.45, 2.75) is 0 Å². The molecule has 0 amide bonds. The van der Waals surface area contributed by atoms with Crippen molar-refractivity contribution in [3.63, 3.8) is 0 Å². The molecule has 0 atom stereocenters. The van der Waals surface area contributed by atoms with Crippen LogP contribution in [0.25, 0.3) is 0 Å². The molecule has 5 nitrogen and oxygen atoms in total. The zero-order chi connectivity index (χ0) is 10.4. The van der Waals surface area contributed by atoms with E-state index >= 15 is 0 Å². The third-order valence-corrected chi connectivity index (χ3v) is 1.31. The Morgan fingerprint density at radius 2 is 2.14 bits per heavy atom. The average molecular weight is 186 g/mol. The molecule has 0 unspecified atom stereocenters. The van der Waals surface area contributed by atoms with Crippen LogP contribution in [0.5, 0.6) is 5.88 Å². The zero-order valence-electron chi connectivity index (χ0n) is 7.27. The van der Waals surface area contributed by atoms with Gasteiger partial charge in [-0.05, 0) is 0 Å². The minimum Gasteiger partial charge on any atom is -0.472 e. The van der Waals surface area contributed by atoms with Gasteiger partial charge in [-0.25, -0.2) is 4.98 Å². The van der Waals surface area contributed by atoms with E-state index in [0.29, 0.717) is 0 Å². The molecule has 0 aromatic carbocycles. The number of hydrogen-bond acceptors (Lipinski definition) is 5. The first kappa shape index (κ1) is 9.69. The molecule has 0 N–H and O–H groups in total. The largest absolute Gasteiger partial charge is 0.472 e. The Morgan fingerprint density at radius 1 is 1.43 bits per heavy atom. The molecule has 1 rings (SSSR count). The Bertz CT molecular complexity index is 427. The van der Waals surface area contributed by atoms with Crippen molar-refractivity contribution in [2.24, 2.45) is 0 Å². The molecule has 0 spiro atoms. The minimum absolute atomic E-state index is 0.00143. The van der Waals surface area contributed by atoms with Crippen LogP contribution in [0.4, 0.5) is 0 Å². The summed E-state index contributed by atoms with van der Waals surface area (Å²) in [7, 11) is 0. The van der Waals surface area contributed by atoms with Crippen molar-refractivity contribution in [1.82, 2.24) is 9.97 Å². The summed E-state index contributed by atoms with van der Waals surface area (Å²) in [5.41, 5.74) is -0.0347. The summed E-state index contributed by atoms with van der Waals surface area (Å²) < 4.78 is 5.04. The van der Waals surface area contributed by atoms with E-state index in [-0.39, 0.29) is 23.9 Å². The fourth-order valence-electron chi connectivity index (χ4n) is 0.747. The number of nitriles is 2. The van der Waals surface area contributed by atoms with Gasteiger partial charge in [0.1, 0.15) is 18.7 Å². The van der Waals surface area contributed by atoms with Crippen LogP contribution in [0.1, 0.15) is 11.4 Å². The molecule has 0 aliphatic heterocycles. The van der Waals surface area contributed by atoms with Gasteiger partial charge in [-0.1, -0.05) is 12.7 Å². The smallest absolute Gasteiger partial charge is 0.233 e. The zero-order valence-corrected chi connectivity index (χ0v) is 7.27. The van der Waals surface area contributed by atoms with Crippen molar-refractivity contribution >= 4 is 0 Å². The Kier molecular flexibility index (Phi) is 3.17. The van der Waals surface area contributed by atoms with Crippen molar-refractivity contribution in [3.05, 3.63) is 30.2 Å². The summed E-state index contributed by atoms with van der Waals surface area (Å²) >= 11 is 0. The van der Waals surface area contributed by atoms with E-state index in [1.54, 1.807) is 18.2 Å². The molecule has 5 heteroatoms. The van der Waals surface area contributed by atoms with Crippen LogP contribution < -0.4 is 4.74 Å². The molecule has 0 bridgehead atoms. The molecule has 68 valence electrons. The lowest BCUT2D eigenvalue weighted by atomic mass is 10.3. The maximum Gasteiger partial charge on any atom is 0.233 e. The second kappa shape index (κ2) is 4.58. The van der Waals surface area contributed by atoms with Crippen LogP contribution in [-0.2, 0) is 0 Å². The minimum atomic E-state index is -0.0333. The Labute approximate surface area is 80.9 Å². The van der Waals surface area contributed by atoms with Gasteiger partial charge in [0.25, 0.3) is 0 Å². The van der Waals surface area contributed by atoms with Crippen molar-refractivity contribution in [3.8, 4) is 18.0 Å². The molecule has 0 aliphatic carbocycles. The average Bonchev–Trinajstić information content (AvgIpc) is 2.25. The predicted octanol–water partition coefficient (Wildman–Crippen LogP) is 0.785. The summed E-state index contributed by atoms with van der Waals surface area (Å²) in [5.74, 6) is 0.209. The molecule has 0 aliphatic rings. The highest BCUT2D eigenvalue weighted by atomic mass is 16.5. The highest BCUT2D eigenvalue weighted by Crippen LogP contribution is 2.08. The van der Waals surface area contributed by atoms with Crippen LogP contribution in [0, 0.1) is 22.7 Å². The fraction of sp³-hybridized carbons (Fsp3) is 0.111. The van der Waals surface area contributed by atoms with Gasteiger partial charge in [-0.3, -0.25) is 0 Å². The number of hydrogen-bond donors (Lipinski definition) is 0. The predicted molar refractivity (Wildman–Crippen MR) is 47.2 cm³/mol. The molecule has 0 radical (unpaired) electrons. The summed E-state index contributed by atoms with van der Waals surface area (Å²) in [6, 6.07) is 3.52. The first-order chi connectivity index (χ1) is 6.81. The summed E-state index contributed by atoms with van der Waals surface area (Å²) in [4.78, 5) is 7.50. The number of nitrogens with zero attached hydrogens (tertiary/aromatic N) is 4. The van der Waals surface area contributed by atoms with Gasteiger partial charge in [0.15, 0.2) is 11.4 Å². The Morgan fingerprint density at radius 3 is 2.71 bits per heavy atom. The SMILES string of the molecule is C=CCOc1cnc(C#N)c(C#N)n1. The molecule has 1 aromatic rings. The van der Waals surface area contributed by atoms with Crippen molar-refractivity contribution < 1.29 is 4.74 Å². The van der Waals surface area contributed by atoms with E-state index in [1.807, 2.05) is 0 Å². The Hall–Kier alpha value is -2.40. The van der Waals surface area contributed by atoms with Gasteiger partial charge < -0.3 is 4.74 Å². The van der Waals surface area contributed by atoms with Gasteiger partial charge in [-0.2, -0.15) is 15.5 Å². The summed E-state index contributed by atoms with van der Waals surface area (Å²) in [5, 5.41) is 17.2. The molecular formula is C9H6N4O. The normalized spacial score (nSPS) is 8.43. The van der Waals surface area contributed by atoms with Gasteiger partial charge >= 0.3 is 0 Å². The van der Waals surface area contributed by atoms with Crippen LogP contribution in [0.2, 0.25) is 0 Å². The monoisotopic (exact) mass is 186 g/mol. The summed E-state index contributed by atoms with van der Waals surface area (Å²) in [6.45, 7) is 3.74. The number of rotatable bonds is 3. The van der Waals surface area contributed by atoms with Crippen molar-refractivity contribution in [2.75, 3.05) is 6.61 Å². The Balaban J connectivity index is 2.98. The van der Waals surface area contributed by atoms with Crippen LogP contribution in [0.3, 0.4) is 0 Å². The van der Waals surface area contributed by atoms with Crippen LogP contribution in [-0.4, -0.2) is 16.6 Å². The van der Waals surface area contributed by atoms with E-state index in [1.165, 1.54) is 6.20 Å². The standard InChI is InChI=1S/C9H6N4O/c1-2-3-14-9-6-12-7(4-10)8(5-11)13-9/h2,6H,1,3H2. The molecule has 0 fully saturated rings. The van der Waals surface area contributed by atoms with Gasteiger partial charge in [-0.15, -0.1) is 0 Å². The molecule has 0 saturated heterocycles. The highest BCUT2D eigenvalue weighted by molar-refractivity contribution is 5.36. The van der Waals surface area contributed by atoms with Gasteiger partial charge in [0.2, 0.25) is 5.88 Å². The molecule has 14 heavy (non-hydrogen) atoms. The van der Waals surface area contributed by atoms with E-state index in [0.717, 1.165) is 0 Å². The van der Waals surface area contributed by atoms with Crippen molar-refractivity contribution in [1.29, 1.82) is 10.5 Å². The molecule has 1 heterocycles. The molecule has 0 saturated carbocycles. The van der Waals surface area contributed by atoms with Crippen LogP contribution in [0.15, 0.2) is 18.9 Å². The lowest BCUT2D eigenvalue weighted by Crippen LogP contribution is -2.00. The maximum atomic E-state index is 8.62. The first-order valence-corrected chi connectivity index (χ1v) is 3.72. The van der Waals surface area contributed by atoms with Gasteiger partial charge in [0, 0.05) is 0 Å².